The Bertz CT molecular complexity index is 1790. The van der Waals surface area contributed by atoms with E-state index in [0.29, 0.717) is 63.7 Å². The largest absolute Gasteiger partial charge is 0.496 e. The molecule has 0 radical (unpaired) electrons. The van der Waals surface area contributed by atoms with Crippen molar-refractivity contribution in [3.8, 4) is 39.6 Å². The number of benzene rings is 2. The van der Waals surface area contributed by atoms with Crippen LogP contribution in [0.1, 0.15) is 6.92 Å². The van der Waals surface area contributed by atoms with Crippen LogP contribution in [-0.2, 0) is 11.3 Å². The lowest BCUT2D eigenvalue weighted by Crippen LogP contribution is -2.29. The third-order valence-electron chi connectivity index (χ3n) is 7.47. The molecule has 45 heavy (non-hydrogen) atoms. The van der Waals surface area contributed by atoms with Gasteiger partial charge in [0.25, 0.3) is 5.56 Å². The van der Waals surface area contributed by atoms with Gasteiger partial charge in [-0.2, -0.15) is 0 Å². The second-order valence-electron chi connectivity index (χ2n) is 10.5. The normalized spacial score (nSPS) is 11.1. The number of nitrogens with zero attached hydrogens (tertiary/aromatic N) is 4. The van der Waals surface area contributed by atoms with Crippen LogP contribution >= 0.6 is 23.2 Å². The van der Waals surface area contributed by atoms with Gasteiger partial charge in [-0.05, 0) is 45.3 Å². The van der Waals surface area contributed by atoms with Gasteiger partial charge in [-0.1, -0.05) is 29.8 Å². The number of hydrogen-bond donors (Lipinski definition) is 1. The van der Waals surface area contributed by atoms with Crippen molar-refractivity contribution < 1.29 is 19.0 Å². The highest BCUT2D eigenvalue weighted by Gasteiger charge is 2.23. The first-order valence-corrected chi connectivity index (χ1v) is 14.9. The number of halogens is 2. The Hall–Kier alpha value is -4.25. The number of hydrogen-bond acceptors (Lipinski definition) is 8. The van der Waals surface area contributed by atoms with Gasteiger partial charge in [0.05, 0.1) is 59.5 Å². The molecule has 0 spiro atoms. The fourth-order valence-electron chi connectivity index (χ4n) is 5.04. The van der Waals surface area contributed by atoms with E-state index in [1.54, 1.807) is 30.0 Å². The number of carbonyl (C=O) groups excluding carboxylic acids is 1. The lowest BCUT2D eigenvalue weighted by atomic mass is 10.0. The maximum atomic E-state index is 14.0. The number of nitrogens with one attached hydrogen (secondary N) is 1. The van der Waals surface area contributed by atoms with E-state index in [1.165, 1.54) is 20.3 Å². The van der Waals surface area contributed by atoms with Crippen LogP contribution in [0.15, 0.2) is 54.0 Å². The van der Waals surface area contributed by atoms with Crippen LogP contribution < -0.4 is 30.0 Å². The molecule has 2 aromatic carbocycles. The summed E-state index contributed by atoms with van der Waals surface area (Å²) in [7, 11) is 10.5. The summed E-state index contributed by atoms with van der Waals surface area (Å²) in [6.07, 6.45) is 2.90. The summed E-state index contributed by atoms with van der Waals surface area (Å²) < 4.78 is 18.3. The van der Waals surface area contributed by atoms with Crippen LogP contribution in [0, 0.1) is 0 Å². The number of ether oxygens (including phenoxy) is 3. The smallest absolute Gasteiger partial charge is 0.259 e. The van der Waals surface area contributed by atoms with Gasteiger partial charge in [0.2, 0.25) is 5.91 Å². The van der Waals surface area contributed by atoms with E-state index in [4.69, 9.17) is 42.4 Å². The molecule has 10 nitrogen and oxygen atoms in total. The molecular formula is C33H37Cl2N5O5. The van der Waals surface area contributed by atoms with E-state index >= 15 is 0 Å². The van der Waals surface area contributed by atoms with Gasteiger partial charge in [-0.25, -0.2) is 0 Å². The van der Waals surface area contributed by atoms with E-state index in [1.807, 2.05) is 51.2 Å². The van der Waals surface area contributed by atoms with E-state index in [0.717, 1.165) is 12.2 Å². The fourth-order valence-corrected chi connectivity index (χ4v) is 5.75. The molecule has 12 heteroatoms. The van der Waals surface area contributed by atoms with E-state index < -0.39 is 0 Å². The molecule has 0 saturated carbocycles. The van der Waals surface area contributed by atoms with Crippen molar-refractivity contribution in [2.45, 2.75) is 13.5 Å². The minimum Gasteiger partial charge on any atom is -0.496 e. The highest BCUT2D eigenvalue weighted by Crippen LogP contribution is 2.46. The second-order valence-corrected chi connectivity index (χ2v) is 11.3. The summed E-state index contributed by atoms with van der Waals surface area (Å²) in [5.41, 5.74) is 3.45. The summed E-state index contributed by atoms with van der Waals surface area (Å²) in [6, 6.07) is 8.80. The molecule has 0 bridgehead atoms. The van der Waals surface area contributed by atoms with Crippen molar-refractivity contribution in [1.82, 2.24) is 14.5 Å². The van der Waals surface area contributed by atoms with Crippen LogP contribution in [0.25, 0.3) is 33.3 Å². The van der Waals surface area contributed by atoms with Gasteiger partial charge in [-0.15, -0.1) is 0 Å². The number of pyridine rings is 2. The molecule has 2 aromatic heterocycles. The Morgan fingerprint density at radius 1 is 0.956 bits per heavy atom. The first-order chi connectivity index (χ1) is 21.5. The zero-order valence-corrected chi connectivity index (χ0v) is 28.0. The van der Waals surface area contributed by atoms with Crippen molar-refractivity contribution >= 4 is 51.4 Å². The molecule has 0 saturated heterocycles. The Balaban J connectivity index is 1.94. The second kappa shape index (κ2) is 14.2. The maximum absolute atomic E-state index is 14.0. The molecule has 1 N–H and O–H groups in total. The third kappa shape index (κ3) is 6.73. The number of aromatic nitrogens is 2. The number of methoxy groups -OCH3 is 3. The van der Waals surface area contributed by atoms with Crippen LogP contribution in [0.3, 0.4) is 0 Å². The Morgan fingerprint density at radius 3 is 2.16 bits per heavy atom. The summed E-state index contributed by atoms with van der Waals surface area (Å²) in [5, 5.41) is 3.99. The van der Waals surface area contributed by atoms with Crippen molar-refractivity contribution in [2.75, 3.05) is 65.8 Å². The van der Waals surface area contributed by atoms with Gasteiger partial charge in [0.15, 0.2) is 0 Å². The number of likely N-dealkylation sites (N-methyl/N-ethyl adjacent to an activating group) is 2. The highest BCUT2D eigenvalue weighted by atomic mass is 35.5. The van der Waals surface area contributed by atoms with Crippen LogP contribution in [0.4, 0.5) is 11.4 Å². The van der Waals surface area contributed by atoms with Crippen LogP contribution in [0.5, 0.6) is 17.2 Å². The summed E-state index contributed by atoms with van der Waals surface area (Å²) in [5.74, 6) is 0.852. The average Bonchev–Trinajstić information content (AvgIpc) is 3.03. The number of rotatable bonds is 12. The predicted octanol–water partition coefficient (Wildman–Crippen LogP) is 6.21. The van der Waals surface area contributed by atoms with Gasteiger partial charge in [0, 0.05) is 61.5 Å². The number of carbonyl (C=O) groups is 1. The van der Waals surface area contributed by atoms with Gasteiger partial charge in [0.1, 0.15) is 17.2 Å². The van der Waals surface area contributed by atoms with E-state index in [2.05, 4.69) is 16.8 Å². The average molecular weight is 655 g/mol. The summed E-state index contributed by atoms with van der Waals surface area (Å²) in [6.45, 7) is 7.34. The highest BCUT2D eigenvalue weighted by molar-refractivity contribution is 6.41. The molecule has 0 fully saturated rings. The van der Waals surface area contributed by atoms with Gasteiger partial charge in [-0.3, -0.25) is 14.6 Å². The van der Waals surface area contributed by atoms with Crippen LogP contribution in [-0.4, -0.2) is 75.9 Å². The monoisotopic (exact) mass is 653 g/mol. The Labute approximate surface area is 272 Å². The van der Waals surface area contributed by atoms with E-state index in [-0.39, 0.29) is 27.1 Å². The lowest BCUT2D eigenvalue weighted by molar-refractivity contribution is -0.111. The first kappa shape index (κ1) is 33.6. The van der Waals surface area contributed by atoms with Crippen molar-refractivity contribution in [3.05, 3.63) is 69.6 Å². The van der Waals surface area contributed by atoms with Crippen molar-refractivity contribution in [2.24, 2.45) is 0 Å². The predicted molar refractivity (Wildman–Crippen MR) is 183 cm³/mol. The molecule has 4 aromatic rings. The molecule has 0 unspecified atom stereocenters. The first-order valence-electron chi connectivity index (χ1n) is 14.1. The van der Waals surface area contributed by atoms with Crippen molar-refractivity contribution in [1.29, 1.82) is 0 Å². The standard InChI is InChI=1S/C33H37Cl2N5O5/c1-9-29(41)37-23-14-20(26(43-6)16-25(23)39(5)12-11-38(3)4)22-15-24-19(18-36-22)13-21(33(42)40(24)10-2)30-31(34)27(44-7)17-28(45-8)32(30)35/h9,13-18H,1,10-12H2,2-8H3,(H,37,41). The maximum Gasteiger partial charge on any atom is 0.259 e. The SMILES string of the molecule is C=CC(=O)Nc1cc(-c2cc3c(cn2)cc(-c2c(Cl)c(OC)cc(OC)c2Cl)c(=O)n3CC)c(OC)cc1N(C)CCN(C)C. The number of fused-ring (bicyclic) bond motifs is 1. The Morgan fingerprint density at radius 2 is 1.60 bits per heavy atom. The molecule has 4 rings (SSSR count). The molecule has 0 aliphatic carbocycles. The molecule has 0 aliphatic rings. The zero-order valence-electron chi connectivity index (χ0n) is 26.5. The molecule has 1 amide bonds. The molecule has 0 atom stereocenters. The molecule has 238 valence electrons. The lowest BCUT2D eigenvalue weighted by Gasteiger charge is -2.26. The quantitative estimate of drug-likeness (QED) is 0.180. The van der Waals surface area contributed by atoms with Crippen LogP contribution in [0.2, 0.25) is 10.0 Å². The number of amides is 1. The minimum absolute atomic E-state index is 0.196. The fraction of sp³-hybridized carbons (Fsp3) is 0.303. The van der Waals surface area contributed by atoms with Crippen molar-refractivity contribution in [3.63, 3.8) is 0 Å². The zero-order chi connectivity index (χ0) is 33.0. The summed E-state index contributed by atoms with van der Waals surface area (Å²) >= 11 is 13.4. The molecular weight excluding hydrogens is 617 g/mol. The van der Waals surface area contributed by atoms with Gasteiger partial charge < -0.3 is 33.9 Å². The third-order valence-corrected chi connectivity index (χ3v) is 8.22. The number of aryl methyl sites for hydroxylation is 1. The summed E-state index contributed by atoms with van der Waals surface area (Å²) in [4.78, 5) is 35.3. The number of anilines is 2. The molecule has 0 aliphatic heterocycles. The topological polar surface area (TPSA) is 98.2 Å². The minimum atomic E-state index is -0.348. The van der Waals surface area contributed by atoms with E-state index in [9.17, 15) is 9.59 Å². The van der Waals surface area contributed by atoms with Gasteiger partial charge >= 0.3 is 0 Å². The molecule has 2 heterocycles. The Kier molecular flexibility index (Phi) is 10.6.